The van der Waals surface area contributed by atoms with Gasteiger partial charge in [-0.15, -0.1) is 9.94 Å². The van der Waals surface area contributed by atoms with E-state index in [0.717, 1.165) is 16.1 Å². The summed E-state index contributed by atoms with van der Waals surface area (Å²) < 4.78 is 0. The summed E-state index contributed by atoms with van der Waals surface area (Å²) in [6, 6.07) is 17.2. The smallest absolute Gasteiger partial charge is 0.261 e. The number of aromatic nitrogens is 2. The first-order chi connectivity index (χ1) is 12.2. The fourth-order valence-corrected chi connectivity index (χ4v) is 2.86. The van der Waals surface area contributed by atoms with Crippen molar-refractivity contribution in [3.63, 3.8) is 0 Å². The van der Waals surface area contributed by atoms with Crippen molar-refractivity contribution in [3.8, 4) is 0 Å². The van der Waals surface area contributed by atoms with E-state index >= 15 is 0 Å². The molecule has 1 aliphatic rings. The van der Waals surface area contributed by atoms with Gasteiger partial charge in [-0.2, -0.15) is 0 Å². The van der Waals surface area contributed by atoms with Gasteiger partial charge in [0.25, 0.3) is 5.91 Å². The van der Waals surface area contributed by atoms with Gasteiger partial charge >= 0.3 is 0 Å². The summed E-state index contributed by atoms with van der Waals surface area (Å²) in [5, 5.41) is 13.3. The topological polar surface area (TPSA) is 61.6 Å². The van der Waals surface area contributed by atoms with Crippen molar-refractivity contribution in [2.24, 2.45) is 0 Å². The zero-order valence-electron chi connectivity index (χ0n) is 13.4. The van der Waals surface area contributed by atoms with E-state index in [1.807, 2.05) is 59.5 Å². The van der Waals surface area contributed by atoms with Crippen LogP contribution in [0.5, 0.6) is 0 Å². The second-order valence-electron chi connectivity index (χ2n) is 5.71. The highest BCUT2D eigenvalue weighted by Gasteiger charge is 2.29. The average molecular weight is 332 g/mol. The highest BCUT2D eigenvalue weighted by molar-refractivity contribution is 6.03. The third-order valence-corrected chi connectivity index (χ3v) is 4.09. The second-order valence-corrected chi connectivity index (χ2v) is 5.71. The molecule has 6 nitrogen and oxygen atoms in total. The number of benzene rings is 2. The Labute approximate surface area is 144 Å². The first kappa shape index (κ1) is 15.0. The fraction of sp³-hybridized carbons (Fsp3) is 0.0526. The van der Waals surface area contributed by atoms with Crippen LogP contribution < -0.4 is 4.90 Å². The van der Waals surface area contributed by atoms with Gasteiger partial charge in [-0.05, 0) is 23.8 Å². The van der Waals surface area contributed by atoms with Crippen molar-refractivity contribution in [1.29, 1.82) is 0 Å². The van der Waals surface area contributed by atoms with Gasteiger partial charge in [0.2, 0.25) is 0 Å². The first-order valence-electron chi connectivity index (χ1n) is 7.87. The van der Waals surface area contributed by atoms with Crippen molar-refractivity contribution >= 4 is 23.4 Å². The molecule has 0 aliphatic carbocycles. The van der Waals surface area contributed by atoms with Crippen LogP contribution in [0.2, 0.25) is 0 Å². The highest BCUT2D eigenvalue weighted by atomic mass is 16.5. The van der Waals surface area contributed by atoms with Crippen LogP contribution >= 0.6 is 0 Å². The number of hydrogen-bond donors (Lipinski definition) is 1. The second kappa shape index (κ2) is 6.16. The molecular formula is C19H16N4O2. The quantitative estimate of drug-likeness (QED) is 0.747. The summed E-state index contributed by atoms with van der Waals surface area (Å²) in [6.45, 7) is 0.338. The molecule has 0 saturated carbocycles. The molecule has 2 heterocycles. The van der Waals surface area contributed by atoms with Crippen molar-refractivity contribution in [1.82, 2.24) is 14.8 Å². The van der Waals surface area contributed by atoms with E-state index in [1.54, 1.807) is 23.4 Å². The predicted octanol–water partition coefficient (Wildman–Crippen LogP) is 3.34. The molecule has 124 valence electrons. The Morgan fingerprint density at radius 2 is 1.80 bits per heavy atom. The van der Waals surface area contributed by atoms with Gasteiger partial charge < -0.3 is 10.1 Å². The van der Waals surface area contributed by atoms with Gasteiger partial charge in [0.15, 0.2) is 0 Å². The van der Waals surface area contributed by atoms with Gasteiger partial charge in [0, 0.05) is 6.20 Å². The van der Waals surface area contributed by atoms with E-state index < -0.39 is 0 Å². The van der Waals surface area contributed by atoms with E-state index in [4.69, 9.17) is 0 Å². The Balaban J connectivity index is 1.71. The van der Waals surface area contributed by atoms with Gasteiger partial charge in [0.1, 0.15) is 6.67 Å². The van der Waals surface area contributed by atoms with Crippen molar-refractivity contribution in [2.75, 3.05) is 11.6 Å². The molecule has 6 heteroatoms. The Morgan fingerprint density at radius 1 is 1.04 bits per heavy atom. The summed E-state index contributed by atoms with van der Waals surface area (Å²) in [5.41, 5.74) is 3.13. The summed E-state index contributed by atoms with van der Waals surface area (Å²) in [6.07, 6.45) is 6.75. The third kappa shape index (κ3) is 2.85. The minimum absolute atomic E-state index is 0.0598. The standard InChI is InChI=1S/C19H16N4O2/c24-19-17-8-4-5-9-18(17)22(16-12-20-23(25)13-16)14-21(19)11-10-15-6-2-1-3-7-15/h1-13,25H,14H2. The number of carbonyl (C=O) groups is 1. The zero-order valence-corrected chi connectivity index (χ0v) is 13.4. The molecule has 1 N–H and O–H groups in total. The number of fused-ring (bicyclic) bond motifs is 1. The number of anilines is 2. The molecule has 3 aromatic rings. The Hall–Kier alpha value is -3.54. The fourth-order valence-electron chi connectivity index (χ4n) is 2.86. The third-order valence-electron chi connectivity index (χ3n) is 4.09. The molecule has 1 amide bonds. The molecule has 0 spiro atoms. The lowest BCUT2D eigenvalue weighted by Gasteiger charge is -2.35. The van der Waals surface area contributed by atoms with E-state index in [2.05, 4.69) is 5.10 Å². The maximum absolute atomic E-state index is 12.8. The van der Waals surface area contributed by atoms with Crippen LogP contribution in [0.15, 0.2) is 73.2 Å². The lowest BCUT2D eigenvalue weighted by atomic mass is 10.1. The molecule has 1 aromatic heterocycles. The SMILES string of the molecule is O=C1c2ccccc2N(c2cnn(O)c2)CN1C=Cc1ccccc1. The number of rotatable bonds is 3. The molecule has 2 aromatic carbocycles. The Morgan fingerprint density at radius 3 is 2.56 bits per heavy atom. The lowest BCUT2D eigenvalue weighted by Crippen LogP contribution is -2.41. The monoisotopic (exact) mass is 332 g/mol. The molecule has 0 bridgehead atoms. The van der Waals surface area contributed by atoms with E-state index in [9.17, 15) is 10.0 Å². The molecule has 0 saturated heterocycles. The van der Waals surface area contributed by atoms with Crippen LogP contribution in [-0.4, -0.2) is 32.6 Å². The number of nitrogens with zero attached hydrogens (tertiary/aromatic N) is 4. The van der Waals surface area contributed by atoms with Crippen LogP contribution in [0.4, 0.5) is 11.4 Å². The van der Waals surface area contributed by atoms with Crippen LogP contribution in [-0.2, 0) is 0 Å². The van der Waals surface area contributed by atoms with Crippen LogP contribution in [0.1, 0.15) is 15.9 Å². The lowest BCUT2D eigenvalue weighted by molar-refractivity contribution is 0.0816. The molecular weight excluding hydrogens is 316 g/mol. The van der Waals surface area contributed by atoms with Crippen molar-refractivity contribution in [2.45, 2.75) is 0 Å². The minimum Gasteiger partial charge on any atom is -0.412 e. The molecule has 0 atom stereocenters. The van der Waals surface area contributed by atoms with Gasteiger partial charge in [0.05, 0.1) is 29.3 Å². The maximum atomic E-state index is 12.8. The van der Waals surface area contributed by atoms with E-state index in [1.165, 1.54) is 6.20 Å². The number of para-hydroxylation sites is 1. The number of amides is 1. The van der Waals surface area contributed by atoms with Crippen LogP contribution in [0, 0.1) is 0 Å². The van der Waals surface area contributed by atoms with E-state index in [0.29, 0.717) is 17.9 Å². The molecule has 25 heavy (non-hydrogen) atoms. The van der Waals surface area contributed by atoms with E-state index in [-0.39, 0.29) is 5.91 Å². The van der Waals surface area contributed by atoms with Gasteiger partial charge in [-0.25, -0.2) is 0 Å². The molecule has 0 fully saturated rings. The Kier molecular flexibility index (Phi) is 3.70. The van der Waals surface area contributed by atoms with Gasteiger partial charge in [-0.3, -0.25) is 9.69 Å². The number of hydrogen-bond acceptors (Lipinski definition) is 4. The highest BCUT2D eigenvalue weighted by Crippen LogP contribution is 2.33. The van der Waals surface area contributed by atoms with Crippen LogP contribution in [0.25, 0.3) is 6.08 Å². The van der Waals surface area contributed by atoms with Crippen LogP contribution in [0.3, 0.4) is 0 Å². The summed E-state index contributed by atoms with van der Waals surface area (Å²) >= 11 is 0. The molecule has 1 aliphatic heterocycles. The molecule has 4 rings (SSSR count). The molecule has 0 radical (unpaired) electrons. The van der Waals surface area contributed by atoms with Gasteiger partial charge in [-0.1, -0.05) is 42.5 Å². The summed E-state index contributed by atoms with van der Waals surface area (Å²) in [5.74, 6) is -0.0598. The summed E-state index contributed by atoms with van der Waals surface area (Å²) in [4.78, 5) is 17.1. The number of carbonyl (C=O) groups excluding carboxylic acids is 1. The van der Waals surface area contributed by atoms with Crippen molar-refractivity contribution < 1.29 is 10.0 Å². The Bertz CT molecular complexity index is 933. The summed E-state index contributed by atoms with van der Waals surface area (Å²) in [7, 11) is 0. The predicted molar refractivity (Wildman–Crippen MR) is 94.5 cm³/mol. The first-order valence-corrected chi connectivity index (χ1v) is 7.87. The molecule has 0 unspecified atom stereocenters. The average Bonchev–Trinajstić information content (AvgIpc) is 3.08. The van der Waals surface area contributed by atoms with Crippen molar-refractivity contribution in [3.05, 3.63) is 84.3 Å². The largest absolute Gasteiger partial charge is 0.412 e. The maximum Gasteiger partial charge on any atom is 0.261 e. The zero-order chi connectivity index (χ0) is 17.2. The minimum atomic E-state index is -0.0598. The normalized spacial score (nSPS) is 14.2.